The third-order valence-electron chi connectivity index (χ3n) is 13.5. The van der Waals surface area contributed by atoms with E-state index < -0.39 is 6.10 Å². The lowest BCUT2D eigenvalue weighted by Gasteiger charge is -2.18. The van der Waals surface area contributed by atoms with Gasteiger partial charge >= 0.3 is 17.9 Å². The minimum absolute atomic E-state index is 0.0932. The number of ether oxygens (including phenoxy) is 3. The molecule has 0 saturated carbocycles. The number of allylic oxidation sites excluding steroid dienone is 18. The number of hydrogen-bond donors (Lipinski definition) is 0. The maximum absolute atomic E-state index is 12.9. The number of esters is 3. The first-order valence-electron chi connectivity index (χ1n) is 31.9. The molecule has 0 fully saturated rings. The topological polar surface area (TPSA) is 78.9 Å². The van der Waals surface area contributed by atoms with E-state index in [1.54, 1.807) is 0 Å². The van der Waals surface area contributed by atoms with Crippen molar-refractivity contribution in [2.75, 3.05) is 13.2 Å². The standard InChI is InChI=1S/C70H118O6/c1-4-7-10-13-16-19-21-23-25-27-29-31-32-33-34-35-36-37-38-39-41-42-44-46-48-51-54-57-60-63-69(72)75-66-67(65-74-68(71)62-59-56-53-50-18-15-12-9-6-3)76-70(73)64-61-58-55-52-49-47-45-43-40-30-28-26-24-22-20-17-14-11-8-5-2/h7,10,16,19,23,25,29,31,33-34,36-37,39,41,44,46,51,54,67H,4-6,8-9,11-15,17-18,20-22,24,26-28,30,32,35,38,40,42-43,45,47-50,52-53,55-66H2,1-3H3/b10-7-,19-16-,25-23-,31-29-,34-33-,37-36-,41-39-,46-44-,54-51-. The maximum atomic E-state index is 12.9. The Morgan fingerprint density at radius 3 is 0.803 bits per heavy atom. The van der Waals surface area contributed by atoms with Crippen LogP contribution in [-0.2, 0) is 28.6 Å². The Kier molecular flexibility index (Phi) is 60.3. The second-order valence-corrected chi connectivity index (χ2v) is 21.0. The molecule has 0 aliphatic carbocycles. The first-order valence-corrected chi connectivity index (χ1v) is 31.9. The first-order chi connectivity index (χ1) is 37.5. The van der Waals surface area contributed by atoms with Gasteiger partial charge in [-0.15, -0.1) is 0 Å². The van der Waals surface area contributed by atoms with Crippen molar-refractivity contribution in [1.82, 2.24) is 0 Å². The molecule has 434 valence electrons. The summed E-state index contributed by atoms with van der Waals surface area (Å²) in [5, 5.41) is 0. The molecule has 0 rings (SSSR count). The van der Waals surface area contributed by atoms with Gasteiger partial charge in [-0.25, -0.2) is 0 Å². The van der Waals surface area contributed by atoms with Crippen LogP contribution in [0.3, 0.4) is 0 Å². The van der Waals surface area contributed by atoms with Crippen molar-refractivity contribution >= 4 is 17.9 Å². The Morgan fingerprint density at radius 2 is 0.513 bits per heavy atom. The number of carbonyl (C=O) groups excluding carboxylic acids is 3. The van der Waals surface area contributed by atoms with E-state index in [1.165, 1.54) is 148 Å². The van der Waals surface area contributed by atoms with Crippen LogP contribution in [0.25, 0.3) is 0 Å². The molecule has 0 saturated heterocycles. The van der Waals surface area contributed by atoms with Gasteiger partial charge in [-0.2, -0.15) is 0 Å². The van der Waals surface area contributed by atoms with Gasteiger partial charge in [0.1, 0.15) is 13.2 Å². The number of unbranched alkanes of at least 4 members (excludes halogenated alkanes) is 28. The Morgan fingerprint density at radius 1 is 0.276 bits per heavy atom. The van der Waals surface area contributed by atoms with Crippen LogP contribution in [0.1, 0.15) is 297 Å². The highest BCUT2D eigenvalue weighted by molar-refractivity contribution is 5.71. The minimum atomic E-state index is -0.799. The Balaban J connectivity index is 4.33. The summed E-state index contributed by atoms with van der Waals surface area (Å²) in [6, 6.07) is 0. The summed E-state index contributed by atoms with van der Waals surface area (Å²) >= 11 is 0. The zero-order valence-electron chi connectivity index (χ0n) is 49.7. The molecule has 0 heterocycles. The van der Waals surface area contributed by atoms with Crippen LogP contribution in [0, 0.1) is 0 Å². The molecule has 0 aliphatic heterocycles. The van der Waals surface area contributed by atoms with Crippen LogP contribution in [0.5, 0.6) is 0 Å². The molecule has 76 heavy (non-hydrogen) atoms. The van der Waals surface area contributed by atoms with Crippen molar-refractivity contribution in [2.24, 2.45) is 0 Å². The molecule has 0 aromatic carbocycles. The van der Waals surface area contributed by atoms with Gasteiger partial charge < -0.3 is 14.2 Å². The predicted octanol–water partition coefficient (Wildman–Crippen LogP) is 21.8. The van der Waals surface area contributed by atoms with E-state index >= 15 is 0 Å². The molecule has 0 aromatic rings. The second-order valence-electron chi connectivity index (χ2n) is 21.0. The summed E-state index contributed by atoms with van der Waals surface area (Å²) < 4.78 is 16.8. The Bertz CT molecular complexity index is 1540. The Labute approximate surface area is 470 Å². The maximum Gasteiger partial charge on any atom is 0.306 e. The van der Waals surface area contributed by atoms with E-state index in [2.05, 4.69) is 130 Å². The fourth-order valence-electron chi connectivity index (χ4n) is 8.80. The number of hydrogen-bond acceptors (Lipinski definition) is 6. The van der Waals surface area contributed by atoms with Crippen LogP contribution < -0.4 is 0 Å². The van der Waals surface area contributed by atoms with Crippen molar-refractivity contribution in [1.29, 1.82) is 0 Å². The molecule has 0 aliphatic rings. The van der Waals surface area contributed by atoms with Gasteiger partial charge in [-0.3, -0.25) is 14.4 Å². The first kappa shape index (κ1) is 72.1. The van der Waals surface area contributed by atoms with Crippen molar-refractivity contribution in [3.05, 3.63) is 109 Å². The predicted molar refractivity (Wildman–Crippen MR) is 330 cm³/mol. The highest BCUT2D eigenvalue weighted by atomic mass is 16.6. The van der Waals surface area contributed by atoms with Gasteiger partial charge in [0.15, 0.2) is 6.10 Å². The molecule has 0 aromatic heterocycles. The van der Waals surface area contributed by atoms with E-state index in [0.29, 0.717) is 19.3 Å². The lowest BCUT2D eigenvalue weighted by Crippen LogP contribution is -2.30. The van der Waals surface area contributed by atoms with Gasteiger partial charge in [-0.05, 0) is 83.5 Å². The molecule has 1 unspecified atom stereocenters. The van der Waals surface area contributed by atoms with Gasteiger partial charge in [0, 0.05) is 19.3 Å². The molecule has 0 amide bonds. The summed E-state index contributed by atoms with van der Waals surface area (Å²) in [5.74, 6) is -0.950. The summed E-state index contributed by atoms with van der Waals surface area (Å²) in [5.41, 5.74) is 0. The van der Waals surface area contributed by atoms with E-state index in [9.17, 15) is 14.4 Å². The monoisotopic (exact) mass is 1050 g/mol. The zero-order chi connectivity index (χ0) is 55.0. The van der Waals surface area contributed by atoms with E-state index in [4.69, 9.17) is 14.2 Å². The highest BCUT2D eigenvalue weighted by Gasteiger charge is 2.19. The Hall–Kier alpha value is -3.93. The largest absolute Gasteiger partial charge is 0.462 e. The van der Waals surface area contributed by atoms with Gasteiger partial charge in [0.2, 0.25) is 0 Å². The van der Waals surface area contributed by atoms with Crippen LogP contribution in [0.4, 0.5) is 0 Å². The van der Waals surface area contributed by atoms with Crippen LogP contribution in [0.15, 0.2) is 109 Å². The molecular formula is C70H118O6. The fraction of sp³-hybridized carbons (Fsp3) is 0.700. The SMILES string of the molecule is CC/C=C\C/C=C\C/C=C\C/C=C\C/C=C\C/C=C\C/C=C\C/C=C\C/C=C\CCCC(=O)OCC(COC(=O)CCCCCCCCCCC)OC(=O)CCCCCCCCCCCCCCCCCCCCCC. The minimum Gasteiger partial charge on any atom is -0.462 e. The molecule has 0 radical (unpaired) electrons. The molecule has 0 bridgehead atoms. The molecule has 1 atom stereocenters. The smallest absolute Gasteiger partial charge is 0.306 e. The number of rotatable bonds is 57. The lowest BCUT2D eigenvalue weighted by atomic mass is 10.0. The molecule has 0 spiro atoms. The van der Waals surface area contributed by atoms with Crippen LogP contribution >= 0.6 is 0 Å². The van der Waals surface area contributed by atoms with E-state index in [0.717, 1.165) is 103 Å². The van der Waals surface area contributed by atoms with E-state index in [-0.39, 0.29) is 37.5 Å². The zero-order valence-corrected chi connectivity index (χ0v) is 49.7. The van der Waals surface area contributed by atoms with Crippen molar-refractivity contribution in [3.63, 3.8) is 0 Å². The van der Waals surface area contributed by atoms with Crippen molar-refractivity contribution in [3.8, 4) is 0 Å². The average Bonchev–Trinajstić information content (AvgIpc) is 3.42. The third kappa shape index (κ3) is 60.9. The summed E-state index contributed by atoms with van der Waals surface area (Å²) in [6.45, 7) is 6.48. The highest BCUT2D eigenvalue weighted by Crippen LogP contribution is 2.16. The lowest BCUT2D eigenvalue weighted by molar-refractivity contribution is -0.167. The average molecular weight is 1060 g/mol. The van der Waals surface area contributed by atoms with E-state index in [1.807, 2.05) is 0 Å². The molecular weight excluding hydrogens is 937 g/mol. The summed E-state index contributed by atoms with van der Waals surface area (Å²) in [6.07, 6.45) is 86.8. The summed E-state index contributed by atoms with van der Waals surface area (Å²) in [7, 11) is 0. The molecule has 6 nitrogen and oxygen atoms in total. The van der Waals surface area contributed by atoms with Gasteiger partial charge in [0.05, 0.1) is 0 Å². The van der Waals surface area contributed by atoms with Crippen LogP contribution in [-0.4, -0.2) is 37.2 Å². The molecule has 6 heteroatoms. The molecule has 0 N–H and O–H groups in total. The third-order valence-corrected chi connectivity index (χ3v) is 13.5. The van der Waals surface area contributed by atoms with Gasteiger partial charge in [0.25, 0.3) is 0 Å². The summed E-state index contributed by atoms with van der Waals surface area (Å²) in [4.78, 5) is 38.1. The van der Waals surface area contributed by atoms with Crippen molar-refractivity contribution in [2.45, 2.75) is 303 Å². The van der Waals surface area contributed by atoms with Crippen LogP contribution in [0.2, 0.25) is 0 Å². The quantitative estimate of drug-likeness (QED) is 0.0261. The van der Waals surface area contributed by atoms with Gasteiger partial charge in [-0.1, -0.05) is 304 Å². The normalized spacial score (nSPS) is 12.8. The van der Waals surface area contributed by atoms with Crippen molar-refractivity contribution < 1.29 is 28.6 Å². The number of carbonyl (C=O) groups is 3. The second kappa shape index (κ2) is 63.6. The fourth-order valence-corrected chi connectivity index (χ4v) is 8.80.